The third-order valence-corrected chi connectivity index (χ3v) is 4.96. The van der Waals surface area contributed by atoms with E-state index in [2.05, 4.69) is 20.4 Å². The molecule has 2 saturated heterocycles. The van der Waals surface area contributed by atoms with Gasteiger partial charge in [0.15, 0.2) is 5.82 Å². The quantitative estimate of drug-likeness (QED) is 0.899. The molecule has 0 unspecified atom stereocenters. The molecule has 3 atom stereocenters. The Balaban J connectivity index is 1.54. The largest absolute Gasteiger partial charge is 0.376 e. The van der Waals surface area contributed by atoms with Gasteiger partial charge in [0, 0.05) is 31.7 Å². The van der Waals surface area contributed by atoms with Crippen LogP contribution in [-0.4, -0.2) is 47.9 Å². The second-order valence-corrected chi connectivity index (χ2v) is 6.69. The molecule has 6 heteroatoms. The summed E-state index contributed by atoms with van der Waals surface area (Å²) in [6.07, 6.45) is 3.36. The summed E-state index contributed by atoms with van der Waals surface area (Å²) in [5.74, 6) is 1.36. The smallest absolute Gasteiger partial charge is 0.225 e. The van der Waals surface area contributed by atoms with Gasteiger partial charge in [-0.25, -0.2) is 0 Å². The van der Waals surface area contributed by atoms with Crippen molar-refractivity contribution in [2.24, 2.45) is 11.8 Å². The van der Waals surface area contributed by atoms with E-state index in [-0.39, 0.29) is 17.9 Å². The summed E-state index contributed by atoms with van der Waals surface area (Å²) >= 11 is 0. The molecule has 0 aromatic carbocycles. The van der Waals surface area contributed by atoms with Crippen molar-refractivity contribution >= 4 is 11.7 Å². The Kier molecular flexibility index (Phi) is 3.48. The van der Waals surface area contributed by atoms with E-state index in [9.17, 15) is 4.79 Å². The van der Waals surface area contributed by atoms with Crippen LogP contribution in [0.25, 0.3) is 0 Å². The predicted molar refractivity (Wildman–Crippen MR) is 81.5 cm³/mol. The fourth-order valence-corrected chi connectivity index (χ4v) is 3.54. The van der Waals surface area contributed by atoms with Crippen molar-refractivity contribution in [2.45, 2.75) is 38.3 Å². The molecule has 1 saturated carbocycles. The minimum Gasteiger partial charge on any atom is -0.376 e. The van der Waals surface area contributed by atoms with Gasteiger partial charge in [-0.3, -0.25) is 4.79 Å². The van der Waals surface area contributed by atoms with Crippen molar-refractivity contribution < 1.29 is 9.53 Å². The standard InChI is InChI=1S/C16H22N4O2/c1-10-2-5-15(19-18-10)20-8-13(16(21)17-11-3-4-11)12-6-7-22-14(12)9-20/h2,5,11-14H,3-4,6-9H2,1H3,(H,17,21)/t12-,13+,14+/m1/s1. The van der Waals surface area contributed by atoms with Crippen LogP contribution in [0.1, 0.15) is 25.0 Å². The molecule has 0 spiro atoms. The maximum atomic E-state index is 12.6. The number of amides is 1. The number of aromatic nitrogens is 2. The highest BCUT2D eigenvalue weighted by molar-refractivity contribution is 5.80. The van der Waals surface area contributed by atoms with Gasteiger partial charge in [-0.2, -0.15) is 5.10 Å². The SMILES string of the molecule is Cc1ccc(N2C[C@@H]3OCC[C@@H]3[C@@H](C(=O)NC3CC3)C2)nn1. The third-order valence-electron chi connectivity index (χ3n) is 4.96. The zero-order valence-electron chi connectivity index (χ0n) is 12.9. The number of carbonyl (C=O) groups is 1. The highest BCUT2D eigenvalue weighted by Crippen LogP contribution is 2.35. The van der Waals surface area contributed by atoms with E-state index in [1.807, 2.05) is 19.1 Å². The number of nitrogens with one attached hydrogen (secondary N) is 1. The Labute approximate surface area is 130 Å². The van der Waals surface area contributed by atoms with Crippen LogP contribution in [0.4, 0.5) is 5.82 Å². The Morgan fingerprint density at radius 3 is 2.86 bits per heavy atom. The van der Waals surface area contributed by atoms with Crippen molar-refractivity contribution in [2.75, 3.05) is 24.6 Å². The highest BCUT2D eigenvalue weighted by atomic mass is 16.5. The topological polar surface area (TPSA) is 67.3 Å². The molecule has 6 nitrogen and oxygen atoms in total. The van der Waals surface area contributed by atoms with Gasteiger partial charge < -0.3 is 15.0 Å². The second kappa shape index (κ2) is 5.50. The molecule has 1 aromatic heterocycles. The lowest BCUT2D eigenvalue weighted by Crippen LogP contribution is -2.53. The molecular formula is C16H22N4O2. The number of hydrogen-bond donors (Lipinski definition) is 1. The lowest BCUT2D eigenvalue weighted by molar-refractivity contribution is -0.128. The van der Waals surface area contributed by atoms with Crippen molar-refractivity contribution in [1.29, 1.82) is 0 Å². The van der Waals surface area contributed by atoms with Crippen LogP contribution in [-0.2, 0) is 9.53 Å². The fraction of sp³-hybridized carbons (Fsp3) is 0.688. The highest BCUT2D eigenvalue weighted by Gasteiger charge is 2.45. The van der Waals surface area contributed by atoms with Crippen LogP contribution < -0.4 is 10.2 Å². The Morgan fingerprint density at radius 2 is 2.14 bits per heavy atom. The number of hydrogen-bond acceptors (Lipinski definition) is 5. The normalized spacial score (nSPS) is 31.0. The number of ether oxygens (including phenoxy) is 1. The molecule has 1 aliphatic carbocycles. The lowest BCUT2D eigenvalue weighted by Gasteiger charge is -2.39. The first-order valence-electron chi connectivity index (χ1n) is 8.18. The van der Waals surface area contributed by atoms with E-state index in [4.69, 9.17) is 4.74 Å². The molecule has 3 heterocycles. The van der Waals surface area contributed by atoms with Crippen LogP contribution >= 0.6 is 0 Å². The zero-order chi connectivity index (χ0) is 15.1. The molecule has 22 heavy (non-hydrogen) atoms. The Bertz CT molecular complexity index is 558. The van der Waals surface area contributed by atoms with E-state index in [1.165, 1.54) is 0 Å². The summed E-state index contributed by atoms with van der Waals surface area (Å²) in [6, 6.07) is 4.35. The van der Waals surface area contributed by atoms with E-state index in [1.54, 1.807) is 0 Å². The summed E-state index contributed by atoms with van der Waals surface area (Å²) in [6.45, 7) is 4.20. The molecule has 3 aliphatic rings. The first-order valence-corrected chi connectivity index (χ1v) is 8.18. The molecular weight excluding hydrogens is 280 g/mol. The van der Waals surface area contributed by atoms with Gasteiger partial charge in [0.05, 0.1) is 17.7 Å². The van der Waals surface area contributed by atoms with Crippen molar-refractivity contribution in [1.82, 2.24) is 15.5 Å². The molecule has 1 aromatic rings. The molecule has 3 fully saturated rings. The average molecular weight is 302 g/mol. The minimum absolute atomic E-state index is 0.00930. The maximum Gasteiger partial charge on any atom is 0.225 e. The van der Waals surface area contributed by atoms with Gasteiger partial charge in [0.1, 0.15) is 0 Å². The minimum atomic E-state index is -0.00930. The van der Waals surface area contributed by atoms with Gasteiger partial charge >= 0.3 is 0 Å². The molecule has 118 valence electrons. The first kappa shape index (κ1) is 13.9. The van der Waals surface area contributed by atoms with Crippen LogP contribution in [0, 0.1) is 18.8 Å². The fourth-order valence-electron chi connectivity index (χ4n) is 3.54. The van der Waals surface area contributed by atoms with Gasteiger partial charge in [0.25, 0.3) is 0 Å². The van der Waals surface area contributed by atoms with Crippen LogP contribution in [0.15, 0.2) is 12.1 Å². The van der Waals surface area contributed by atoms with E-state index in [0.29, 0.717) is 18.5 Å². The van der Waals surface area contributed by atoms with Gasteiger partial charge in [0.2, 0.25) is 5.91 Å². The monoisotopic (exact) mass is 302 g/mol. The zero-order valence-corrected chi connectivity index (χ0v) is 12.9. The molecule has 2 aliphatic heterocycles. The van der Waals surface area contributed by atoms with E-state index in [0.717, 1.165) is 43.9 Å². The number of rotatable bonds is 3. The molecule has 4 rings (SSSR count). The Hall–Kier alpha value is -1.69. The van der Waals surface area contributed by atoms with Crippen LogP contribution in [0.3, 0.4) is 0 Å². The first-order chi connectivity index (χ1) is 10.7. The van der Waals surface area contributed by atoms with Crippen LogP contribution in [0.5, 0.6) is 0 Å². The number of nitrogens with zero attached hydrogens (tertiary/aromatic N) is 3. The van der Waals surface area contributed by atoms with Gasteiger partial charge in [-0.05, 0) is 38.3 Å². The van der Waals surface area contributed by atoms with E-state index < -0.39 is 0 Å². The van der Waals surface area contributed by atoms with Gasteiger partial charge in [-0.1, -0.05) is 0 Å². The van der Waals surface area contributed by atoms with Crippen molar-refractivity contribution in [3.63, 3.8) is 0 Å². The second-order valence-electron chi connectivity index (χ2n) is 6.69. The summed E-state index contributed by atoms with van der Waals surface area (Å²) in [4.78, 5) is 14.7. The Morgan fingerprint density at radius 1 is 1.27 bits per heavy atom. The van der Waals surface area contributed by atoms with Crippen molar-refractivity contribution in [3.8, 4) is 0 Å². The molecule has 1 N–H and O–H groups in total. The summed E-state index contributed by atoms with van der Waals surface area (Å²) in [5, 5.41) is 11.6. The maximum absolute atomic E-state index is 12.6. The number of fused-ring (bicyclic) bond motifs is 1. The summed E-state index contributed by atoms with van der Waals surface area (Å²) in [7, 11) is 0. The number of aryl methyl sites for hydroxylation is 1. The molecule has 0 bridgehead atoms. The third kappa shape index (κ3) is 2.67. The molecule has 0 radical (unpaired) electrons. The number of anilines is 1. The summed E-state index contributed by atoms with van der Waals surface area (Å²) < 4.78 is 5.86. The van der Waals surface area contributed by atoms with Crippen LogP contribution in [0.2, 0.25) is 0 Å². The molecule has 1 amide bonds. The summed E-state index contributed by atoms with van der Waals surface area (Å²) in [5.41, 5.74) is 0.902. The van der Waals surface area contributed by atoms with E-state index >= 15 is 0 Å². The predicted octanol–water partition coefficient (Wildman–Crippen LogP) is 0.905. The number of piperidine rings is 1. The van der Waals surface area contributed by atoms with Crippen molar-refractivity contribution in [3.05, 3.63) is 17.8 Å². The lowest BCUT2D eigenvalue weighted by atomic mass is 9.82. The average Bonchev–Trinajstić information content (AvgIpc) is 3.20. The van der Waals surface area contributed by atoms with Gasteiger partial charge in [-0.15, -0.1) is 5.10 Å². The number of carbonyl (C=O) groups excluding carboxylic acids is 1.